The van der Waals surface area contributed by atoms with Crippen molar-refractivity contribution in [2.24, 2.45) is 5.73 Å². The number of aliphatic carboxylic acids is 1. The van der Waals surface area contributed by atoms with Crippen molar-refractivity contribution < 1.29 is 29.4 Å². The predicted octanol–water partition coefficient (Wildman–Crippen LogP) is 0.706. The molecule has 0 spiro atoms. The highest BCUT2D eigenvalue weighted by atomic mass is 16.4. The second kappa shape index (κ2) is 12.8. The average Bonchev–Trinajstić information content (AvgIpc) is 3.59. The summed E-state index contributed by atoms with van der Waals surface area (Å²) in [7, 11) is 0. The van der Waals surface area contributed by atoms with Gasteiger partial charge in [-0.15, -0.1) is 0 Å². The number of fused-ring (bicyclic) bond motifs is 1. The van der Waals surface area contributed by atoms with Crippen LogP contribution in [0.2, 0.25) is 0 Å². The molecule has 3 amide bonds. The van der Waals surface area contributed by atoms with Gasteiger partial charge >= 0.3 is 5.97 Å². The van der Waals surface area contributed by atoms with Gasteiger partial charge in [-0.25, -0.2) is 4.79 Å². The maximum absolute atomic E-state index is 13.5. The molecule has 1 saturated heterocycles. The minimum atomic E-state index is -1.32. The van der Waals surface area contributed by atoms with Crippen LogP contribution >= 0.6 is 0 Å². The fourth-order valence-electron chi connectivity index (χ4n) is 5.08. The summed E-state index contributed by atoms with van der Waals surface area (Å²) >= 11 is 0. The quantitative estimate of drug-likeness (QED) is 0.204. The molecule has 0 radical (unpaired) electrons. The molecule has 1 aliphatic heterocycles. The topological polar surface area (TPSA) is 178 Å². The second-order valence-electron chi connectivity index (χ2n) is 10.2. The zero-order valence-electron chi connectivity index (χ0n) is 22.2. The second-order valence-corrected chi connectivity index (χ2v) is 10.2. The van der Waals surface area contributed by atoms with E-state index in [1.54, 1.807) is 6.20 Å². The Morgan fingerprint density at radius 3 is 2.45 bits per heavy atom. The SMILES string of the molecule is CC(O)C(NC(=O)C(N)Cc1ccccc1)C(=O)N1CCCC1C(=O)NC(Cc1c[nH]c2ccccc12)C(=O)O. The molecule has 11 heteroatoms. The van der Waals surface area contributed by atoms with Crippen LogP contribution in [0.15, 0.2) is 60.8 Å². The average molecular weight is 550 g/mol. The number of nitrogens with zero attached hydrogens (tertiary/aromatic N) is 1. The highest BCUT2D eigenvalue weighted by molar-refractivity contribution is 5.95. The van der Waals surface area contributed by atoms with Crippen LogP contribution < -0.4 is 16.4 Å². The fourth-order valence-corrected chi connectivity index (χ4v) is 5.08. The van der Waals surface area contributed by atoms with E-state index in [2.05, 4.69) is 15.6 Å². The number of likely N-dealkylation sites (tertiary alicyclic amines) is 1. The van der Waals surface area contributed by atoms with Gasteiger partial charge in [0.2, 0.25) is 17.7 Å². The van der Waals surface area contributed by atoms with Crippen molar-refractivity contribution >= 4 is 34.6 Å². The van der Waals surface area contributed by atoms with Crippen LogP contribution in [0.5, 0.6) is 0 Å². The summed E-state index contributed by atoms with van der Waals surface area (Å²) in [6.45, 7) is 1.60. The summed E-state index contributed by atoms with van der Waals surface area (Å²) in [5.41, 5.74) is 8.51. The van der Waals surface area contributed by atoms with Crippen LogP contribution in [-0.4, -0.2) is 80.6 Å². The zero-order chi connectivity index (χ0) is 28.8. The number of carboxylic acids is 1. The van der Waals surface area contributed by atoms with E-state index in [0.717, 1.165) is 22.0 Å². The van der Waals surface area contributed by atoms with Gasteiger partial charge in [0.1, 0.15) is 18.1 Å². The summed E-state index contributed by atoms with van der Waals surface area (Å²) in [4.78, 5) is 55.9. The Morgan fingerprint density at radius 2 is 1.75 bits per heavy atom. The van der Waals surface area contributed by atoms with Crippen molar-refractivity contribution in [2.75, 3.05) is 6.54 Å². The van der Waals surface area contributed by atoms with E-state index >= 15 is 0 Å². The van der Waals surface area contributed by atoms with Crippen molar-refractivity contribution in [2.45, 2.75) is 62.9 Å². The molecular formula is C29H35N5O6. The molecule has 40 heavy (non-hydrogen) atoms. The smallest absolute Gasteiger partial charge is 0.326 e. The number of amides is 3. The van der Waals surface area contributed by atoms with Crippen molar-refractivity contribution in [1.29, 1.82) is 0 Å². The van der Waals surface area contributed by atoms with E-state index in [1.165, 1.54) is 11.8 Å². The first-order valence-electron chi connectivity index (χ1n) is 13.3. The number of benzene rings is 2. The first kappa shape index (κ1) is 28.8. The van der Waals surface area contributed by atoms with Crippen LogP contribution in [0, 0.1) is 0 Å². The third kappa shape index (κ3) is 6.67. The molecule has 5 unspecified atom stereocenters. The van der Waals surface area contributed by atoms with Gasteiger partial charge in [0.05, 0.1) is 12.1 Å². The lowest BCUT2D eigenvalue weighted by Crippen LogP contribution is -2.59. The number of para-hydroxylation sites is 1. The Morgan fingerprint density at radius 1 is 1.05 bits per heavy atom. The molecule has 1 fully saturated rings. The van der Waals surface area contributed by atoms with Gasteiger partial charge in [-0.3, -0.25) is 14.4 Å². The van der Waals surface area contributed by atoms with E-state index in [1.807, 2.05) is 54.6 Å². The van der Waals surface area contributed by atoms with E-state index < -0.39 is 54.0 Å². The van der Waals surface area contributed by atoms with Crippen molar-refractivity contribution in [3.8, 4) is 0 Å². The number of nitrogens with two attached hydrogens (primary N) is 1. The summed E-state index contributed by atoms with van der Waals surface area (Å²) in [5.74, 6) is -3.03. The lowest BCUT2D eigenvalue weighted by molar-refractivity contribution is -0.146. The van der Waals surface area contributed by atoms with Gasteiger partial charge in [-0.1, -0.05) is 48.5 Å². The number of aromatic nitrogens is 1. The highest BCUT2D eigenvalue weighted by Crippen LogP contribution is 2.22. The molecule has 212 valence electrons. The van der Waals surface area contributed by atoms with E-state index in [9.17, 15) is 29.4 Å². The Kier molecular flexibility index (Phi) is 9.18. The van der Waals surface area contributed by atoms with Gasteiger partial charge in [0.15, 0.2) is 0 Å². The number of carbonyl (C=O) groups is 4. The molecule has 0 saturated carbocycles. The summed E-state index contributed by atoms with van der Waals surface area (Å²) in [6.07, 6.45) is 1.60. The molecule has 1 aliphatic rings. The first-order valence-corrected chi connectivity index (χ1v) is 13.3. The first-order chi connectivity index (χ1) is 19.2. The van der Waals surface area contributed by atoms with Crippen LogP contribution in [0.4, 0.5) is 0 Å². The molecule has 0 bridgehead atoms. The van der Waals surface area contributed by atoms with Gasteiger partial charge in [0, 0.05) is 30.1 Å². The van der Waals surface area contributed by atoms with Gasteiger partial charge in [-0.2, -0.15) is 0 Å². The molecule has 2 aromatic carbocycles. The van der Waals surface area contributed by atoms with Crippen LogP contribution in [0.25, 0.3) is 10.9 Å². The highest BCUT2D eigenvalue weighted by Gasteiger charge is 2.40. The normalized spacial score (nSPS) is 18.1. The molecule has 0 aliphatic carbocycles. The van der Waals surface area contributed by atoms with Crippen LogP contribution in [0.3, 0.4) is 0 Å². The Balaban J connectivity index is 1.42. The molecule has 4 rings (SSSR count). The zero-order valence-corrected chi connectivity index (χ0v) is 22.2. The number of rotatable bonds is 11. The molecule has 7 N–H and O–H groups in total. The summed E-state index contributed by atoms with van der Waals surface area (Å²) in [5, 5.41) is 26.2. The molecule has 1 aromatic heterocycles. The van der Waals surface area contributed by atoms with Crippen LogP contribution in [0.1, 0.15) is 30.9 Å². The Bertz CT molecular complexity index is 1360. The van der Waals surface area contributed by atoms with Gasteiger partial charge in [0.25, 0.3) is 0 Å². The van der Waals surface area contributed by atoms with E-state index in [0.29, 0.717) is 12.8 Å². The molecule has 11 nitrogen and oxygen atoms in total. The van der Waals surface area contributed by atoms with Crippen molar-refractivity contribution in [3.63, 3.8) is 0 Å². The molecular weight excluding hydrogens is 514 g/mol. The largest absolute Gasteiger partial charge is 0.480 e. The molecule has 2 heterocycles. The van der Waals surface area contributed by atoms with Gasteiger partial charge < -0.3 is 36.5 Å². The van der Waals surface area contributed by atoms with Crippen LogP contribution in [-0.2, 0) is 32.0 Å². The minimum Gasteiger partial charge on any atom is -0.480 e. The van der Waals surface area contributed by atoms with E-state index in [4.69, 9.17) is 5.73 Å². The number of aromatic amines is 1. The number of hydrogen-bond acceptors (Lipinski definition) is 6. The maximum atomic E-state index is 13.5. The fraction of sp³-hybridized carbons (Fsp3) is 0.379. The van der Waals surface area contributed by atoms with Crippen molar-refractivity contribution in [1.82, 2.24) is 20.5 Å². The van der Waals surface area contributed by atoms with E-state index in [-0.39, 0.29) is 19.4 Å². The molecule has 5 atom stereocenters. The molecule has 3 aromatic rings. The lowest BCUT2D eigenvalue weighted by atomic mass is 10.0. The number of carboxylic acid groups (broad SMARTS) is 1. The predicted molar refractivity (Wildman–Crippen MR) is 148 cm³/mol. The minimum absolute atomic E-state index is 0.0530. The monoisotopic (exact) mass is 549 g/mol. The number of aliphatic hydroxyl groups is 1. The maximum Gasteiger partial charge on any atom is 0.326 e. The Hall–Kier alpha value is -4.22. The summed E-state index contributed by atoms with van der Waals surface area (Å²) < 4.78 is 0. The Labute approximate surface area is 231 Å². The number of carbonyl (C=O) groups excluding carboxylic acids is 3. The number of aliphatic hydroxyl groups excluding tert-OH is 1. The lowest BCUT2D eigenvalue weighted by Gasteiger charge is -2.31. The standard InChI is InChI=1S/C29H35N5O6/c1-17(35)25(33-26(36)21(30)14-18-8-3-2-4-9-18)28(38)34-13-7-12-24(34)27(37)32-23(29(39)40)15-19-16-31-22-11-6-5-10-20(19)22/h2-6,8-11,16-17,21,23-25,31,35H,7,12-15,30H2,1H3,(H,32,37)(H,33,36)(H,39,40). The number of hydrogen-bond donors (Lipinski definition) is 6. The number of nitrogens with one attached hydrogen (secondary N) is 3. The summed E-state index contributed by atoms with van der Waals surface area (Å²) in [6, 6.07) is 12.2. The van der Waals surface area contributed by atoms with Crippen molar-refractivity contribution in [3.05, 3.63) is 71.9 Å². The number of H-pyrrole nitrogens is 1. The van der Waals surface area contributed by atoms with Gasteiger partial charge in [-0.05, 0) is 43.4 Å². The third-order valence-corrected chi connectivity index (χ3v) is 7.23. The third-order valence-electron chi connectivity index (χ3n) is 7.23.